The Morgan fingerprint density at radius 3 is 3.14 bits per heavy atom. The molecule has 0 aliphatic carbocycles. The fourth-order valence-corrected chi connectivity index (χ4v) is 3.03. The quantitative estimate of drug-likeness (QED) is 0.934. The minimum atomic E-state index is 0.0942. The molecule has 1 unspecified atom stereocenters. The molecular formula is C16H20N2O3. The van der Waals surface area contributed by atoms with Gasteiger partial charge >= 0.3 is 0 Å². The zero-order valence-corrected chi connectivity index (χ0v) is 12.0. The van der Waals surface area contributed by atoms with E-state index in [1.165, 1.54) is 0 Å². The van der Waals surface area contributed by atoms with Gasteiger partial charge in [0.15, 0.2) is 5.58 Å². The average molecular weight is 288 g/mol. The van der Waals surface area contributed by atoms with E-state index in [0.717, 1.165) is 43.3 Å². The summed E-state index contributed by atoms with van der Waals surface area (Å²) in [6.45, 7) is 1.74. The van der Waals surface area contributed by atoms with E-state index in [4.69, 9.17) is 9.63 Å². The maximum Gasteiger partial charge on any atom is 0.228 e. The standard InChI is InChI=1S/C16H20N2O3/c19-9-7-12-4-3-8-18(11-12)16(20)10-14-13-5-1-2-6-15(13)21-17-14/h1-2,5-6,12,19H,3-4,7-11H2. The Kier molecular flexibility index (Phi) is 4.20. The largest absolute Gasteiger partial charge is 0.396 e. The first-order valence-corrected chi connectivity index (χ1v) is 7.50. The van der Waals surface area contributed by atoms with Crippen LogP contribution in [0.4, 0.5) is 0 Å². The molecule has 1 fully saturated rings. The number of nitrogens with zero attached hydrogens (tertiary/aromatic N) is 2. The van der Waals surface area contributed by atoms with Crippen molar-refractivity contribution >= 4 is 16.9 Å². The van der Waals surface area contributed by atoms with Crippen LogP contribution < -0.4 is 0 Å². The molecule has 0 radical (unpaired) electrons. The lowest BCUT2D eigenvalue weighted by atomic mass is 9.95. The summed E-state index contributed by atoms with van der Waals surface area (Å²) >= 11 is 0. The van der Waals surface area contributed by atoms with Crippen molar-refractivity contribution in [3.8, 4) is 0 Å². The number of hydrogen-bond donors (Lipinski definition) is 1. The van der Waals surface area contributed by atoms with Crippen LogP contribution in [0.2, 0.25) is 0 Å². The number of fused-ring (bicyclic) bond motifs is 1. The second kappa shape index (κ2) is 6.26. The van der Waals surface area contributed by atoms with E-state index in [9.17, 15) is 4.79 Å². The molecule has 112 valence electrons. The third kappa shape index (κ3) is 3.08. The van der Waals surface area contributed by atoms with Gasteiger partial charge in [-0.2, -0.15) is 0 Å². The third-order valence-corrected chi connectivity index (χ3v) is 4.18. The minimum Gasteiger partial charge on any atom is -0.396 e. The SMILES string of the molecule is O=C(Cc1noc2ccccc12)N1CCCC(CCO)C1. The number of aliphatic hydroxyl groups is 1. The van der Waals surface area contributed by atoms with E-state index in [0.29, 0.717) is 11.6 Å². The Morgan fingerprint density at radius 1 is 1.43 bits per heavy atom. The highest BCUT2D eigenvalue weighted by molar-refractivity contribution is 5.86. The molecule has 1 atom stereocenters. The van der Waals surface area contributed by atoms with Gasteiger partial charge in [-0.15, -0.1) is 0 Å². The molecule has 21 heavy (non-hydrogen) atoms. The molecule has 5 nitrogen and oxygen atoms in total. The maximum absolute atomic E-state index is 12.4. The second-order valence-electron chi connectivity index (χ2n) is 5.66. The molecular weight excluding hydrogens is 268 g/mol. The van der Waals surface area contributed by atoms with Crippen molar-refractivity contribution in [1.29, 1.82) is 0 Å². The van der Waals surface area contributed by atoms with Crippen molar-refractivity contribution < 1.29 is 14.4 Å². The van der Waals surface area contributed by atoms with Crippen molar-refractivity contribution in [2.24, 2.45) is 5.92 Å². The van der Waals surface area contributed by atoms with Crippen LogP contribution in [0.3, 0.4) is 0 Å². The van der Waals surface area contributed by atoms with Crippen LogP contribution >= 0.6 is 0 Å². The number of aromatic nitrogens is 1. The number of amides is 1. The van der Waals surface area contributed by atoms with E-state index in [1.54, 1.807) is 0 Å². The topological polar surface area (TPSA) is 66.6 Å². The number of carbonyl (C=O) groups excluding carboxylic acids is 1. The van der Waals surface area contributed by atoms with Crippen molar-refractivity contribution in [2.45, 2.75) is 25.7 Å². The van der Waals surface area contributed by atoms with Gasteiger partial charge in [0.25, 0.3) is 0 Å². The lowest BCUT2D eigenvalue weighted by Crippen LogP contribution is -2.41. The van der Waals surface area contributed by atoms with E-state index in [1.807, 2.05) is 29.2 Å². The molecule has 5 heteroatoms. The number of rotatable bonds is 4. The normalized spacial score (nSPS) is 19.1. The van der Waals surface area contributed by atoms with Gasteiger partial charge in [0.1, 0.15) is 5.69 Å². The number of benzene rings is 1. The number of carbonyl (C=O) groups is 1. The Balaban J connectivity index is 1.68. The number of likely N-dealkylation sites (tertiary alicyclic amines) is 1. The smallest absolute Gasteiger partial charge is 0.228 e. The van der Waals surface area contributed by atoms with Gasteiger partial charge in [0.05, 0.1) is 6.42 Å². The van der Waals surface area contributed by atoms with Crippen molar-refractivity contribution in [1.82, 2.24) is 10.1 Å². The highest BCUT2D eigenvalue weighted by Gasteiger charge is 2.24. The minimum absolute atomic E-state index is 0.0942. The predicted octanol–water partition coefficient (Wildman–Crippen LogP) is 1.99. The molecule has 3 rings (SSSR count). The van der Waals surface area contributed by atoms with E-state index < -0.39 is 0 Å². The summed E-state index contributed by atoms with van der Waals surface area (Å²) in [5.74, 6) is 0.512. The van der Waals surface area contributed by atoms with E-state index >= 15 is 0 Å². The molecule has 2 heterocycles. The lowest BCUT2D eigenvalue weighted by Gasteiger charge is -2.32. The van der Waals surface area contributed by atoms with Crippen LogP contribution in [-0.4, -0.2) is 40.8 Å². The summed E-state index contributed by atoms with van der Waals surface area (Å²) in [4.78, 5) is 14.3. The molecule has 2 aromatic rings. The number of piperidine rings is 1. The van der Waals surface area contributed by atoms with Crippen LogP contribution in [0, 0.1) is 5.92 Å². The molecule has 0 saturated carbocycles. The van der Waals surface area contributed by atoms with Gasteiger partial charge in [-0.25, -0.2) is 0 Å². The maximum atomic E-state index is 12.4. The van der Waals surface area contributed by atoms with Gasteiger partial charge in [-0.1, -0.05) is 17.3 Å². The number of aliphatic hydroxyl groups excluding tert-OH is 1. The highest BCUT2D eigenvalue weighted by Crippen LogP contribution is 2.22. The van der Waals surface area contributed by atoms with Gasteiger partial charge in [0.2, 0.25) is 5.91 Å². The van der Waals surface area contributed by atoms with Crippen molar-refractivity contribution in [3.05, 3.63) is 30.0 Å². The first kappa shape index (κ1) is 14.1. The van der Waals surface area contributed by atoms with Crippen LogP contribution in [0.5, 0.6) is 0 Å². The fourth-order valence-electron chi connectivity index (χ4n) is 3.03. The van der Waals surface area contributed by atoms with Crippen LogP contribution in [0.15, 0.2) is 28.8 Å². The Labute approximate surface area is 123 Å². The average Bonchev–Trinajstić information content (AvgIpc) is 2.91. The molecule has 1 N–H and O–H groups in total. The van der Waals surface area contributed by atoms with Gasteiger partial charge < -0.3 is 14.5 Å². The molecule has 1 saturated heterocycles. The predicted molar refractivity (Wildman–Crippen MR) is 78.7 cm³/mol. The third-order valence-electron chi connectivity index (χ3n) is 4.18. The summed E-state index contributed by atoms with van der Waals surface area (Å²) in [6, 6.07) is 7.60. The van der Waals surface area contributed by atoms with Crippen molar-refractivity contribution in [3.63, 3.8) is 0 Å². The molecule has 1 aliphatic heterocycles. The Hall–Kier alpha value is -1.88. The molecule has 1 aliphatic rings. The Morgan fingerprint density at radius 2 is 2.29 bits per heavy atom. The van der Waals surface area contributed by atoms with Gasteiger partial charge in [-0.05, 0) is 37.3 Å². The van der Waals surface area contributed by atoms with Crippen molar-refractivity contribution in [2.75, 3.05) is 19.7 Å². The zero-order chi connectivity index (χ0) is 14.7. The summed E-state index contributed by atoms with van der Waals surface area (Å²) in [5.41, 5.74) is 1.43. The van der Waals surface area contributed by atoms with E-state index in [-0.39, 0.29) is 18.9 Å². The number of hydrogen-bond acceptors (Lipinski definition) is 4. The molecule has 1 aromatic heterocycles. The van der Waals surface area contributed by atoms with Crippen LogP contribution in [0.1, 0.15) is 25.0 Å². The molecule has 0 spiro atoms. The molecule has 1 amide bonds. The summed E-state index contributed by atoms with van der Waals surface area (Å²) in [6.07, 6.45) is 3.16. The fraction of sp³-hybridized carbons (Fsp3) is 0.500. The first-order chi connectivity index (χ1) is 10.3. The van der Waals surface area contributed by atoms with Gasteiger partial charge in [-0.3, -0.25) is 4.79 Å². The van der Waals surface area contributed by atoms with Crippen LogP contribution in [0.25, 0.3) is 11.0 Å². The van der Waals surface area contributed by atoms with Crippen LogP contribution in [-0.2, 0) is 11.2 Å². The lowest BCUT2D eigenvalue weighted by molar-refractivity contribution is -0.132. The monoisotopic (exact) mass is 288 g/mol. The summed E-state index contributed by atoms with van der Waals surface area (Å²) in [7, 11) is 0. The zero-order valence-electron chi connectivity index (χ0n) is 12.0. The molecule has 0 bridgehead atoms. The summed E-state index contributed by atoms with van der Waals surface area (Å²) in [5, 5.41) is 14.0. The Bertz CT molecular complexity index is 621. The second-order valence-corrected chi connectivity index (χ2v) is 5.66. The number of para-hydroxylation sites is 1. The first-order valence-electron chi connectivity index (χ1n) is 7.50. The molecule has 1 aromatic carbocycles. The van der Waals surface area contributed by atoms with E-state index in [2.05, 4.69) is 5.16 Å². The summed E-state index contributed by atoms with van der Waals surface area (Å²) < 4.78 is 5.24. The van der Waals surface area contributed by atoms with Gasteiger partial charge in [0, 0.05) is 25.1 Å². The highest BCUT2D eigenvalue weighted by atomic mass is 16.5.